The average molecular weight is 288 g/mol. The van der Waals surface area contributed by atoms with Crippen LogP contribution in [0.4, 0.5) is 0 Å². The summed E-state index contributed by atoms with van der Waals surface area (Å²) in [5.74, 6) is 2.18. The number of fused-ring (bicyclic) bond motifs is 1. The first-order chi connectivity index (χ1) is 10.1. The molecule has 1 amide bonds. The SMILES string of the molecule is Cc1noc(C)c1C(=O)N(C)CC1CCc2nccn2C1. The fourth-order valence-corrected chi connectivity index (χ4v) is 3.04. The molecule has 0 radical (unpaired) electrons. The molecule has 2 aromatic rings. The molecule has 0 N–H and O–H groups in total. The third kappa shape index (κ3) is 2.57. The summed E-state index contributed by atoms with van der Waals surface area (Å²) in [6.07, 6.45) is 5.90. The van der Waals surface area contributed by atoms with Crippen molar-refractivity contribution in [2.24, 2.45) is 5.92 Å². The molecular formula is C15H20N4O2. The van der Waals surface area contributed by atoms with Crippen molar-refractivity contribution < 1.29 is 9.32 Å². The van der Waals surface area contributed by atoms with Crippen molar-refractivity contribution in [2.45, 2.75) is 33.2 Å². The zero-order valence-corrected chi connectivity index (χ0v) is 12.7. The van der Waals surface area contributed by atoms with Crippen LogP contribution in [0.15, 0.2) is 16.9 Å². The molecular weight excluding hydrogens is 268 g/mol. The monoisotopic (exact) mass is 288 g/mol. The molecule has 0 spiro atoms. The number of hydrogen-bond donors (Lipinski definition) is 0. The Kier molecular flexibility index (Phi) is 3.53. The summed E-state index contributed by atoms with van der Waals surface area (Å²) in [7, 11) is 1.84. The molecule has 0 saturated carbocycles. The highest BCUT2D eigenvalue weighted by molar-refractivity contribution is 5.95. The van der Waals surface area contributed by atoms with Crippen LogP contribution < -0.4 is 0 Å². The maximum atomic E-state index is 12.5. The molecule has 6 heteroatoms. The van der Waals surface area contributed by atoms with Crippen molar-refractivity contribution in [2.75, 3.05) is 13.6 Å². The lowest BCUT2D eigenvalue weighted by molar-refractivity contribution is 0.0758. The molecule has 1 atom stereocenters. The van der Waals surface area contributed by atoms with Gasteiger partial charge in [0.1, 0.15) is 17.1 Å². The normalized spacial score (nSPS) is 17.6. The fraction of sp³-hybridized carbons (Fsp3) is 0.533. The van der Waals surface area contributed by atoms with Crippen LogP contribution in [0.1, 0.15) is 34.1 Å². The Labute approximate surface area is 123 Å². The molecule has 0 bridgehead atoms. The summed E-state index contributed by atoms with van der Waals surface area (Å²) in [5.41, 5.74) is 1.25. The maximum absolute atomic E-state index is 12.5. The third-order valence-electron chi connectivity index (χ3n) is 4.16. The number of nitrogens with zero attached hydrogens (tertiary/aromatic N) is 4. The molecule has 6 nitrogen and oxygen atoms in total. The molecule has 3 rings (SSSR count). The Morgan fingerprint density at radius 3 is 3.05 bits per heavy atom. The average Bonchev–Trinajstić information content (AvgIpc) is 3.04. The highest BCUT2D eigenvalue weighted by Gasteiger charge is 2.25. The number of carbonyl (C=O) groups is 1. The van der Waals surface area contributed by atoms with Gasteiger partial charge < -0.3 is 14.0 Å². The molecule has 3 heterocycles. The predicted molar refractivity (Wildman–Crippen MR) is 77.0 cm³/mol. The molecule has 0 fully saturated rings. The van der Waals surface area contributed by atoms with E-state index in [-0.39, 0.29) is 5.91 Å². The van der Waals surface area contributed by atoms with Gasteiger partial charge in [-0.2, -0.15) is 0 Å². The van der Waals surface area contributed by atoms with Crippen LogP contribution in [0, 0.1) is 19.8 Å². The lowest BCUT2D eigenvalue weighted by atomic mass is 9.98. The summed E-state index contributed by atoms with van der Waals surface area (Å²) in [4.78, 5) is 18.6. The standard InChI is InChI=1S/C15H20N4O2/c1-10-14(11(2)21-17-10)15(20)18(3)8-12-4-5-13-16-6-7-19(13)9-12/h6-7,12H,4-5,8-9H2,1-3H3. The van der Waals surface area contributed by atoms with Gasteiger partial charge in [0.25, 0.3) is 5.91 Å². The van der Waals surface area contributed by atoms with E-state index in [9.17, 15) is 4.79 Å². The van der Waals surface area contributed by atoms with E-state index >= 15 is 0 Å². The van der Waals surface area contributed by atoms with Crippen molar-refractivity contribution in [3.63, 3.8) is 0 Å². The zero-order chi connectivity index (χ0) is 15.0. The summed E-state index contributed by atoms with van der Waals surface area (Å²) >= 11 is 0. The maximum Gasteiger partial charge on any atom is 0.259 e. The number of hydrogen-bond acceptors (Lipinski definition) is 4. The van der Waals surface area contributed by atoms with E-state index < -0.39 is 0 Å². The van der Waals surface area contributed by atoms with E-state index in [1.165, 1.54) is 0 Å². The quantitative estimate of drug-likeness (QED) is 0.864. The molecule has 2 aromatic heterocycles. The lowest BCUT2D eigenvalue weighted by Crippen LogP contribution is -2.35. The van der Waals surface area contributed by atoms with Gasteiger partial charge >= 0.3 is 0 Å². The summed E-state index contributed by atoms with van der Waals surface area (Å²) < 4.78 is 7.27. The Balaban J connectivity index is 1.67. The summed E-state index contributed by atoms with van der Waals surface area (Å²) in [6.45, 7) is 5.24. The first-order valence-electron chi connectivity index (χ1n) is 7.24. The second kappa shape index (κ2) is 5.35. The minimum Gasteiger partial charge on any atom is -0.361 e. The Hall–Kier alpha value is -2.11. The predicted octanol–water partition coefficient (Wildman–Crippen LogP) is 1.82. The largest absolute Gasteiger partial charge is 0.361 e. The van der Waals surface area contributed by atoms with Gasteiger partial charge in [0.2, 0.25) is 0 Å². The first-order valence-corrected chi connectivity index (χ1v) is 7.24. The number of imidazole rings is 1. The van der Waals surface area contributed by atoms with Crippen molar-refractivity contribution in [3.8, 4) is 0 Å². The Morgan fingerprint density at radius 2 is 2.33 bits per heavy atom. The molecule has 112 valence electrons. The van der Waals surface area contributed by atoms with Gasteiger partial charge in [0, 0.05) is 39.0 Å². The van der Waals surface area contributed by atoms with Gasteiger partial charge in [0.05, 0.1) is 5.69 Å². The second-order valence-corrected chi connectivity index (χ2v) is 5.79. The van der Waals surface area contributed by atoms with Gasteiger partial charge in [0.15, 0.2) is 0 Å². The first kappa shape index (κ1) is 13.9. The topological polar surface area (TPSA) is 64.2 Å². The number of amides is 1. The van der Waals surface area contributed by atoms with Crippen LogP contribution in [-0.2, 0) is 13.0 Å². The van der Waals surface area contributed by atoms with Crippen LogP contribution in [0.2, 0.25) is 0 Å². The van der Waals surface area contributed by atoms with Crippen molar-refractivity contribution in [1.82, 2.24) is 19.6 Å². The molecule has 0 aromatic carbocycles. The number of aryl methyl sites for hydroxylation is 3. The molecule has 0 aliphatic carbocycles. The molecule has 1 aliphatic heterocycles. The van der Waals surface area contributed by atoms with Gasteiger partial charge in [-0.3, -0.25) is 4.79 Å². The number of rotatable bonds is 3. The van der Waals surface area contributed by atoms with Gasteiger partial charge in [-0.05, 0) is 26.2 Å². The van der Waals surface area contributed by atoms with Crippen LogP contribution in [0.25, 0.3) is 0 Å². The van der Waals surface area contributed by atoms with E-state index in [2.05, 4.69) is 14.7 Å². The Bertz CT molecular complexity index is 639. The molecule has 21 heavy (non-hydrogen) atoms. The highest BCUT2D eigenvalue weighted by Crippen LogP contribution is 2.21. The van der Waals surface area contributed by atoms with Crippen molar-refractivity contribution in [1.29, 1.82) is 0 Å². The smallest absolute Gasteiger partial charge is 0.259 e. The third-order valence-corrected chi connectivity index (χ3v) is 4.16. The van der Waals surface area contributed by atoms with E-state index in [0.717, 1.165) is 31.8 Å². The summed E-state index contributed by atoms with van der Waals surface area (Å²) in [5, 5.41) is 3.85. The summed E-state index contributed by atoms with van der Waals surface area (Å²) in [6, 6.07) is 0. The van der Waals surface area contributed by atoms with E-state index in [1.54, 1.807) is 18.7 Å². The minimum atomic E-state index is -0.0114. The Morgan fingerprint density at radius 1 is 1.52 bits per heavy atom. The van der Waals surface area contributed by atoms with Crippen LogP contribution in [0.3, 0.4) is 0 Å². The van der Waals surface area contributed by atoms with Crippen molar-refractivity contribution in [3.05, 3.63) is 35.2 Å². The van der Waals surface area contributed by atoms with Crippen LogP contribution in [-0.4, -0.2) is 39.1 Å². The molecule has 1 unspecified atom stereocenters. The van der Waals surface area contributed by atoms with E-state index in [1.807, 2.05) is 19.4 Å². The molecule has 1 aliphatic rings. The van der Waals surface area contributed by atoms with E-state index in [0.29, 0.717) is 22.9 Å². The van der Waals surface area contributed by atoms with Crippen LogP contribution in [0.5, 0.6) is 0 Å². The van der Waals surface area contributed by atoms with Gasteiger partial charge in [-0.25, -0.2) is 4.98 Å². The van der Waals surface area contributed by atoms with E-state index in [4.69, 9.17) is 4.52 Å². The zero-order valence-electron chi connectivity index (χ0n) is 12.7. The van der Waals surface area contributed by atoms with Crippen LogP contribution >= 0.6 is 0 Å². The van der Waals surface area contributed by atoms with Gasteiger partial charge in [-0.1, -0.05) is 5.16 Å². The van der Waals surface area contributed by atoms with Crippen molar-refractivity contribution >= 4 is 5.91 Å². The number of carbonyl (C=O) groups excluding carboxylic acids is 1. The lowest BCUT2D eigenvalue weighted by Gasteiger charge is -2.28. The number of aromatic nitrogens is 3. The fourth-order valence-electron chi connectivity index (χ4n) is 3.04. The second-order valence-electron chi connectivity index (χ2n) is 5.79. The van der Waals surface area contributed by atoms with Gasteiger partial charge in [-0.15, -0.1) is 0 Å². The highest BCUT2D eigenvalue weighted by atomic mass is 16.5. The molecule has 0 saturated heterocycles. The minimum absolute atomic E-state index is 0.0114.